The van der Waals surface area contributed by atoms with Gasteiger partial charge in [-0.15, -0.1) is 0 Å². The Morgan fingerprint density at radius 3 is 2.64 bits per heavy atom. The molecule has 130 valence electrons. The van der Waals surface area contributed by atoms with Gasteiger partial charge in [0.2, 0.25) is 10.0 Å². The molecule has 0 aliphatic carbocycles. The van der Waals surface area contributed by atoms with Crippen LogP contribution in [0.4, 0.5) is 0 Å². The number of nitrogens with one attached hydrogen (secondary N) is 1. The van der Waals surface area contributed by atoms with Crippen LogP contribution in [0.3, 0.4) is 0 Å². The fourth-order valence-electron chi connectivity index (χ4n) is 2.56. The molecule has 0 saturated carbocycles. The molecule has 0 bridgehead atoms. The normalized spacial score (nSPS) is 11.6. The van der Waals surface area contributed by atoms with Crippen LogP contribution in [-0.2, 0) is 16.6 Å². The second-order valence-electron chi connectivity index (χ2n) is 5.83. The summed E-state index contributed by atoms with van der Waals surface area (Å²) in [5, 5.41) is 4.05. The monoisotopic (exact) mass is 356 g/mol. The third-order valence-electron chi connectivity index (χ3n) is 3.92. The Morgan fingerprint density at radius 1 is 1.16 bits per heavy atom. The van der Waals surface area contributed by atoms with Gasteiger partial charge >= 0.3 is 0 Å². The molecule has 3 aromatic rings. The van der Waals surface area contributed by atoms with E-state index in [0.29, 0.717) is 6.54 Å². The van der Waals surface area contributed by atoms with E-state index in [4.69, 9.17) is 0 Å². The Hall–Kier alpha value is -2.51. The third-order valence-corrected chi connectivity index (χ3v) is 5.38. The van der Waals surface area contributed by atoms with Crippen molar-refractivity contribution in [3.8, 4) is 11.1 Å². The molecule has 6 nitrogen and oxygen atoms in total. The first-order valence-corrected chi connectivity index (χ1v) is 9.45. The summed E-state index contributed by atoms with van der Waals surface area (Å²) in [4.78, 5) is 4.55. The van der Waals surface area contributed by atoms with Crippen molar-refractivity contribution in [1.29, 1.82) is 0 Å². The van der Waals surface area contributed by atoms with Crippen LogP contribution < -0.4 is 4.72 Å². The Morgan fingerprint density at radius 2 is 2.00 bits per heavy atom. The lowest BCUT2D eigenvalue weighted by Gasteiger charge is -2.11. The average molecular weight is 356 g/mol. The molecule has 0 fully saturated rings. The summed E-state index contributed by atoms with van der Waals surface area (Å²) in [6, 6.07) is 10.9. The lowest BCUT2D eigenvalue weighted by molar-refractivity contribution is 0.561. The summed E-state index contributed by atoms with van der Waals surface area (Å²) in [7, 11) is -3.55. The van der Waals surface area contributed by atoms with Crippen molar-refractivity contribution in [2.24, 2.45) is 0 Å². The maximum Gasteiger partial charge on any atom is 0.240 e. The molecule has 1 N–H and O–H groups in total. The lowest BCUT2D eigenvalue weighted by Crippen LogP contribution is -2.27. The second-order valence-corrected chi connectivity index (χ2v) is 7.60. The number of pyridine rings is 1. The van der Waals surface area contributed by atoms with E-state index in [1.807, 2.05) is 32.0 Å². The van der Waals surface area contributed by atoms with E-state index < -0.39 is 10.0 Å². The van der Waals surface area contributed by atoms with Crippen LogP contribution in [0.1, 0.15) is 11.3 Å². The Balaban J connectivity index is 1.75. The van der Waals surface area contributed by atoms with Gasteiger partial charge in [0, 0.05) is 36.4 Å². The second kappa shape index (κ2) is 7.16. The molecule has 0 radical (unpaired) electrons. The number of nitrogens with zero attached hydrogens (tertiary/aromatic N) is 3. The van der Waals surface area contributed by atoms with Crippen molar-refractivity contribution >= 4 is 10.0 Å². The number of rotatable bonds is 6. The minimum atomic E-state index is -3.55. The van der Waals surface area contributed by atoms with Gasteiger partial charge in [-0.2, -0.15) is 5.10 Å². The fraction of sp³-hybridized carbons (Fsp3) is 0.222. The highest BCUT2D eigenvalue weighted by molar-refractivity contribution is 7.89. The molecule has 0 saturated heterocycles. The van der Waals surface area contributed by atoms with Crippen molar-refractivity contribution in [1.82, 2.24) is 19.5 Å². The van der Waals surface area contributed by atoms with Crippen LogP contribution in [0, 0.1) is 13.8 Å². The number of hydrogen-bond donors (Lipinski definition) is 1. The third kappa shape index (κ3) is 4.12. The number of aryl methyl sites for hydroxylation is 2. The highest BCUT2D eigenvalue weighted by Gasteiger charge is 2.15. The van der Waals surface area contributed by atoms with Gasteiger partial charge in [-0.3, -0.25) is 9.67 Å². The minimum absolute atomic E-state index is 0.259. The van der Waals surface area contributed by atoms with Crippen molar-refractivity contribution in [2.45, 2.75) is 25.3 Å². The SMILES string of the molecule is Cc1ccc(-c2ccc(S(=O)(=O)NCCn3cccn3)cc2C)cn1. The molecule has 2 aromatic heterocycles. The summed E-state index contributed by atoms with van der Waals surface area (Å²) >= 11 is 0. The van der Waals surface area contributed by atoms with Gasteiger partial charge in [0.05, 0.1) is 11.4 Å². The van der Waals surface area contributed by atoms with Crippen molar-refractivity contribution in [3.63, 3.8) is 0 Å². The van der Waals surface area contributed by atoms with Crippen molar-refractivity contribution in [2.75, 3.05) is 6.54 Å². The molecule has 0 unspecified atom stereocenters. The van der Waals surface area contributed by atoms with E-state index in [-0.39, 0.29) is 11.4 Å². The summed E-state index contributed by atoms with van der Waals surface area (Å²) < 4.78 is 29.2. The minimum Gasteiger partial charge on any atom is -0.271 e. The standard InChI is InChI=1S/C18H20N4O2S/c1-14-12-17(6-7-18(14)16-5-4-15(2)19-13-16)25(23,24)21-9-11-22-10-3-8-20-22/h3-8,10,12-13,21H,9,11H2,1-2H3. The van der Waals surface area contributed by atoms with E-state index in [1.54, 1.807) is 41.5 Å². The van der Waals surface area contributed by atoms with Gasteiger partial charge in [-0.05, 0) is 49.2 Å². The number of sulfonamides is 1. The molecule has 25 heavy (non-hydrogen) atoms. The molecule has 0 atom stereocenters. The first-order chi connectivity index (χ1) is 12.0. The number of benzene rings is 1. The highest BCUT2D eigenvalue weighted by atomic mass is 32.2. The molecule has 3 rings (SSSR count). The van der Waals surface area contributed by atoms with Gasteiger partial charge in [0.25, 0.3) is 0 Å². The molecule has 1 aromatic carbocycles. The van der Waals surface area contributed by atoms with Gasteiger partial charge in [-0.1, -0.05) is 12.1 Å². The lowest BCUT2D eigenvalue weighted by atomic mass is 10.0. The summed E-state index contributed by atoms with van der Waals surface area (Å²) in [5.74, 6) is 0. The van der Waals surface area contributed by atoms with Gasteiger partial charge in [-0.25, -0.2) is 13.1 Å². The Bertz CT molecular complexity index is 949. The van der Waals surface area contributed by atoms with E-state index in [1.165, 1.54) is 0 Å². The zero-order valence-electron chi connectivity index (χ0n) is 14.2. The van der Waals surface area contributed by atoms with Crippen LogP contribution in [0.5, 0.6) is 0 Å². The maximum atomic E-state index is 12.5. The first-order valence-electron chi connectivity index (χ1n) is 7.96. The van der Waals surface area contributed by atoms with Crippen LogP contribution in [0.15, 0.2) is 59.9 Å². The Kier molecular flexibility index (Phi) is 4.96. The van der Waals surface area contributed by atoms with E-state index in [9.17, 15) is 8.42 Å². The van der Waals surface area contributed by atoms with Gasteiger partial charge in [0.1, 0.15) is 0 Å². The summed E-state index contributed by atoms with van der Waals surface area (Å²) in [5.41, 5.74) is 3.78. The molecular formula is C18H20N4O2S. The average Bonchev–Trinajstić information content (AvgIpc) is 3.09. The largest absolute Gasteiger partial charge is 0.271 e. The quantitative estimate of drug-likeness (QED) is 0.736. The zero-order chi connectivity index (χ0) is 17.9. The van der Waals surface area contributed by atoms with Crippen LogP contribution in [0.25, 0.3) is 11.1 Å². The maximum absolute atomic E-state index is 12.5. The van der Waals surface area contributed by atoms with Crippen LogP contribution >= 0.6 is 0 Å². The van der Waals surface area contributed by atoms with E-state index in [2.05, 4.69) is 14.8 Å². The van der Waals surface area contributed by atoms with Gasteiger partial charge < -0.3 is 0 Å². The molecule has 0 aliphatic heterocycles. The van der Waals surface area contributed by atoms with E-state index >= 15 is 0 Å². The van der Waals surface area contributed by atoms with Crippen molar-refractivity contribution in [3.05, 3.63) is 66.2 Å². The molecule has 0 spiro atoms. The zero-order valence-corrected chi connectivity index (χ0v) is 15.0. The number of aromatic nitrogens is 3. The molecule has 0 amide bonds. The van der Waals surface area contributed by atoms with Crippen LogP contribution in [0.2, 0.25) is 0 Å². The Labute approximate surface area is 147 Å². The fourth-order valence-corrected chi connectivity index (χ4v) is 3.67. The summed E-state index contributed by atoms with van der Waals surface area (Å²) in [6.45, 7) is 4.60. The predicted molar refractivity (Wildman–Crippen MR) is 96.6 cm³/mol. The molecular weight excluding hydrogens is 336 g/mol. The first kappa shape index (κ1) is 17.3. The summed E-state index contributed by atoms with van der Waals surface area (Å²) in [6.07, 6.45) is 5.26. The predicted octanol–water partition coefficient (Wildman–Crippen LogP) is 2.54. The smallest absolute Gasteiger partial charge is 0.240 e. The molecule has 7 heteroatoms. The van der Waals surface area contributed by atoms with Gasteiger partial charge in [0.15, 0.2) is 0 Å². The topological polar surface area (TPSA) is 76.9 Å². The van der Waals surface area contributed by atoms with Crippen molar-refractivity contribution < 1.29 is 8.42 Å². The number of hydrogen-bond acceptors (Lipinski definition) is 4. The van der Waals surface area contributed by atoms with E-state index in [0.717, 1.165) is 22.4 Å². The molecule has 2 heterocycles. The van der Waals surface area contributed by atoms with Crippen LogP contribution in [-0.4, -0.2) is 29.7 Å². The highest BCUT2D eigenvalue weighted by Crippen LogP contribution is 2.25. The molecule has 0 aliphatic rings.